The van der Waals surface area contributed by atoms with Crippen molar-refractivity contribution in [3.05, 3.63) is 18.2 Å². The van der Waals surface area contributed by atoms with Crippen molar-refractivity contribution in [3.63, 3.8) is 0 Å². The van der Waals surface area contributed by atoms with Crippen molar-refractivity contribution in [1.29, 1.82) is 0 Å². The van der Waals surface area contributed by atoms with E-state index in [1.54, 1.807) is 18.2 Å². The second-order valence-corrected chi connectivity index (χ2v) is 4.81. The van der Waals surface area contributed by atoms with Crippen molar-refractivity contribution < 1.29 is 19.1 Å². The van der Waals surface area contributed by atoms with Crippen LogP contribution in [0.15, 0.2) is 18.2 Å². The average molecular weight is 323 g/mol. The maximum atomic E-state index is 11.9. The molecule has 0 aliphatic heterocycles. The van der Waals surface area contributed by atoms with Crippen LogP contribution in [0.2, 0.25) is 0 Å². The predicted molar refractivity (Wildman–Crippen MR) is 89.0 cm³/mol. The Kier molecular flexibility index (Phi) is 7.90. The van der Waals surface area contributed by atoms with Crippen LogP contribution in [-0.2, 0) is 9.59 Å². The first-order valence-electron chi connectivity index (χ1n) is 7.59. The zero-order chi connectivity index (χ0) is 17.2. The number of benzene rings is 1. The van der Waals surface area contributed by atoms with E-state index in [1.165, 1.54) is 14.2 Å². The number of likely N-dealkylation sites (N-methyl/N-ethyl adjacent to an activating group) is 1. The second kappa shape index (κ2) is 9.68. The minimum atomic E-state index is -0.711. The molecule has 0 saturated heterocycles. The molecule has 23 heavy (non-hydrogen) atoms. The molecule has 2 amide bonds. The fraction of sp³-hybridized carbons (Fsp3) is 0.500. The molecular formula is C16H25N3O4. The molecule has 7 nitrogen and oxygen atoms in total. The van der Waals surface area contributed by atoms with E-state index < -0.39 is 11.8 Å². The van der Waals surface area contributed by atoms with Gasteiger partial charge in [-0.25, -0.2) is 0 Å². The Morgan fingerprint density at radius 3 is 2.26 bits per heavy atom. The van der Waals surface area contributed by atoms with Gasteiger partial charge in [-0.15, -0.1) is 0 Å². The zero-order valence-electron chi connectivity index (χ0n) is 14.1. The Morgan fingerprint density at radius 2 is 1.70 bits per heavy atom. The van der Waals surface area contributed by atoms with Gasteiger partial charge in [-0.2, -0.15) is 0 Å². The van der Waals surface area contributed by atoms with Crippen LogP contribution < -0.4 is 20.1 Å². The summed E-state index contributed by atoms with van der Waals surface area (Å²) >= 11 is 0. The van der Waals surface area contributed by atoms with Crippen LogP contribution in [0.5, 0.6) is 11.5 Å². The fourth-order valence-corrected chi connectivity index (χ4v) is 2.05. The molecule has 0 radical (unpaired) electrons. The Hall–Kier alpha value is -2.28. The highest BCUT2D eigenvalue weighted by molar-refractivity contribution is 6.39. The maximum absolute atomic E-state index is 11.9. The lowest BCUT2D eigenvalue weighted by atomic mass is 10.2. The smallest absolute Gasteiger partial charge is 0.313 e. The van der Waals surface area contributed by atoms with Gasteiger partial charge in [0.1, 0.15) is 0 Å². The average Bonchev–Trinajstić information content (AvgIpc) is 2.58. The lowest BCUT2D eigenvalue weighted by Crippen LogP contribution is -2.40. The predicted octanol–water partition coefficient (Wildman–Crippen LogP) is 1.10. The van der Waals surface area contributed by atoms with E-state index in [2.05, 4.69) is 29.4 Å². The first kappa shape index (κ1) is 18.8. The van der Waals surface area contributed by atoms with Gasteiger partial charge >= 0.3 is 11.8 Å². The molecule has 0 unspecified atom stereocenters. The highest BCUT2D eigenvalue weighted by Gasteiger charge is 2.14. The van der Waals surface area contributed by atoms with Crippen molar-refractivity contribution in [2.24, 2.45) is 0 Å². The van der Waals surface area contributed by atoms with Gasteiger partial charge in [-0.3, -0.25) is 9.59 Å². The van der Waals surface area contributed by atoms with Crippen LogP contribution in [0.25, 0.3) is 0 Å². The van der Waals surface area contributed by atoms with Crippen LogP contribution >= 0.6 is 0 Å². The number of nitrogens with zero attached hydrogens (tertiary/aromatic N) is 1. The van der Waals surface area contributed by atoms with Crippen LogP contribution in [0.3, 0.4) is 0 Å². The van der Waals surface area contributed by atoms with Crippen molar-refractivity contribution in [3.8, 4) is 11.5 Å². The summed E-state index contributed by atoms with van der Waals surface area (Å²) in [5.41, 5.74) is 0.464. The van der Waals surface area contributed by atoms with E-state index in [0.717, 1.165) is 13.1 Å². The van der Waals surface area contributed by atoms with E-state index in [-0.39, 0.29) is 0 Å². The standard InChI is InChI=1S/C16H25N3O4/c1-5-19(6-2)10-9-17-15(20)16(21)18-12-7-8-13(22-3)14(11-12)23-4/h7-8,11H,5-6,9-10H2,1-4H3,(H,17,20)(H,18,21). The van der Waals surface area contributed by atoms with Crippen LogP contribution in [0.4, 0.5) is 5.69 Å². The molecule has 0 bridgehead atoms. The molecule has 1 aromatic rings. The van der Waals surface area contributed by atoms with E-state index >= 15 is 0 Å². The van der Waals surface area contributed by atoms with Gasteiger partial charge in [0, 0.05) is 24.8 Å². The summed E-state index contributed by atoms with van der Waals surface area (Å²) in [7, 11) is 3.03. The van der Waals surface area contributed by atoms with Gasteiger partial charge in [0.25, 0.3) is 0 Å². The summed E-state index contributed by atoms with van der Waals surface area (Å²) < 4.78 is 10.3. The van der Waals surface area contributed by atoms with Gasteiger partial charge in [0.2, 0.25) is 0 Å². The van der Waals surface area contributed by atoms with Crippen LogP contribution in [-0.4, -0.2) is 57.1 Å². The molecule has 0 heterocycles. The summed E-state index contributed by atoms with van der Waals surface area (Å²) in [4.78, 5) is 25.8. The Bertz CT molecular complexity index is 530. The molecule has 0 fully saturated rings. The summed E-state index contributed by atoms with van der Waals surface area (Å²) in [6, 6.07) is 4.90. The molecule has 1 rings (SSSR count). The number of rotatable bonds is 8. The van der Waals surface area contributed by atoms with Crippen LogP contribution in [0.1, 0.15) is 13.8 Å². The summed E-state index contributed by atoms with van der Waals surface area (Å²) in [6.07, 6.45) is 0. The quantitative estimate of drug-likeness (QED) is 0.700. The number of anilines is 1. The molecular weight excluding hydrogens is 298 g/mol. The number of methoxy groups -OCH3 is 2. The number of carbonyl (C=O) groups excluding carboxylic acids is 2. The van der Waals surface area contributed by atoms with Gasteiger partial charge in [-0.05, 0) is 25.2 Å². The Morgan fingerprint density at radius 1 is 1.04 bits per heavy atom. The first-order valence-corrected chi connectivity index (χ1v) is 7.59. The Labute approximate surface area is 136 Å². The van der Waals surface area contributed by atoms with Crippen LogP contribution in [0, 0.1) is 0 Å². The molecule has 0 atom stereocenters. The third kappa shape index (κ3) is 5.78. The van der Waals surface area contributed by atoms with Gasteiger partial charge in [0.05, 0.1) is 14.2 Å². The van der Waals surface area contributed by atoms with Crippen molar-refractivity contribution >= 4 is 17.5 Å². The molecule has 0 aliphatic rings. The third-order valence-electron chi connectivity index (χ3n) is 3.46. The van der Waals surface area contributed by atoms with Gasteiger partial charge in [0.15, 0.2) is 11.5 Å². The lowest BCUT2D eigenvalue weighted by Gasteiger charge is -2.17. The number of ether oxygens (including phenoxy) is 2. The second-order valence-electron chi connectivity index (χ2n) is 4.81. The summed E-state index contributed by atoms with van der Waals surface area (Å²) in [5, 5.41) is 5.14. The minimum absolute atomic E-state index is 0.430. The maximum Gasteiger partial charge on any atom is 0.313 e. The number of amides is 2. The largest absolute Gasteiger partial charge is 0.493 e. The van der Waals surface area contributed by atoms with Gasteiger partial charge in [-0.1, -0.05) is 13.8 Å². The minimum Gasteiger partial charge on any atom is -0.493 e. The first-order chi connectivity index (χ1) is 11.0. The fourth-order valence-electron chi connectivity index (χ4n) is 2.05. The number of hydrogen-bond donors (Lipinski definition) is 2. The van der Waals surface area contributed by atoms with Crippen molar-refractivity contribution in [1.82, 2.24) is 10.2 Å². The van der Waals surface area contributed by atoms with Gasteiger partial charge < -0.3 is 25.0 Å². The van der Waals surface area contributed by atoms with Crippen molar-refractivity contribution in [2.75, 3.05) is 45.7 Å². The topological polar surface area (TPSA) is 79.9 Å². The van der Waals surface area contributed by atoms with E-state index in [1.807, 2.05) is 0 Å². The lowest BCUT2D eigenvalue weighted by molar-refractivity contribution is -0.136. The molecule has 2 N–H and O–H groups in total. The number of nitrogens with one attached hydrogen (secondary N) is 2. The molecule has 0 aromatic heterocycles. The van der Waals surface area contributed by atoms with E-state index in [0.29, 0.717) is 30.3 Å². The SMILES string of the molecule is CCN(CC)CCNC(=O)C(=O)Nc1ccc(OC)c(OC)c1. The molecule has 0 saturated carbocycles. The van der Waals surface area contributed by atoms with E-state index in [9.17, 15) is 9.59 Å². The normalized spacial score (nSPS) is 10.3. The number of carbonyl (C=O) groups is 2. The molecule has 1 aromatic carbocycles. The highest BCUT2D eigenvalue weighted by Crippen LogP contribution is 2.29. The highest BCUT2D eigenvalue weighted by atomic mass is 16.5. The summed E-state index contributed by atoms with van der Waals surface area (Å²) in [6.45, 7) is 7.06. The monoisotopic (exact) mass is 323 g/mol. The molecule has 7 heteroatoms. The van der Waals surface area contributed by atoms with Crippen molar-refractivity contribution in [2.45, 2.75) is 13.8 Å². The molecule has 0 spiro atoms. The number of hydrogen-bond acceptors (Lipinski definition) is 5. The third-order valence-corrected chi connectivity index (χ3v) is 3.46. The molecule has 128 valence electrons. The van der Waals surface area contributed by atoms with E-state index in [4.69, 9.17) is 9.47 Å². The summed E-state index contributed by atoms with van der Waals surface area (Å²) in [5.74, 6) is -0.342. The zero-order valence-corrected chi connectivity index (χ0v) is 14.1. The Balaban J connectivity index is 2.53. The molecule has 0 aliphatic carbocycles.